The van der Waals surface area contributed by atoms with E-state index in [-0.39, 0.29) is 70.5 Å². The monoisotopic (exact) mass is 1430 g/mol. The fraction of sp³-hybridized carbons (Fsp3) is 0.478. The number of alkyl halides is 12. The maximum atomic E-state index is 10.7. The maximum absolute atomic E-state index is 10.7. The minimum absolute atomic E-state index is 0. The van der Waals surface area contributed by atoms with Crippen molar-refractivity contribution in [1.82, 2.24) is 19.9 Å². The van der Waals surface area contributed by atoms with Gasteiger partial charge in [0.05, 0.1) is 46.9 Å². The second kappa shape index (κ2) is 42.1. The van der Waals surface area contributed by atoms with Crippen LogP contribution in [0.4, 0.5) is 52.7 Å². The van der Waals surface area contributed by atoms with Gasteiger partial charge in [-0.3, -0.25) is 39.9 Å². The van der Waals surface area contributed by atoms with Gasteiger partial charge in [0.15, 0.2) is 40.5 Å². The number of aromatic nitrogens is 4. The van der Waals surface area contributed by atoms with Gasteiger partial charge in [0.25, 0.3) is 0 Å². The van der Waals surface area contributed by atoms with E-state index in [1.807, 2.05) is 97.7 Å². The molecule has 2 N–H and O–H groups in total. The number of hydrogen-bond donors (Lipinski definition) is 2. The second-order valence-electron chi connectivity index (χ2n) is 16.8. The molecule has 2 aliphatic rings. The number of halogens is 12. The average Bonchev–Trinajstić information content (AvgIpc) is 3.60. The number of aliphatic hydroxyl groups is 2. The van der Waals surface area contributed by atoms with Gasteiger partial charge >= 0.3 is 56.2 Å². The van der Waals surface area contributed by atoms with Crippen LogP contribution in [0.5, 0.6) is 0 Å². The molecule has 2 radical (unpaired) electrons. The minimum atomic E-state index is -6.09. The summed E-state index contributed by atoms with van der Waals surface area (Å²) in [7, 11) is -24.4. The average molecular weight is 1430 g/mol. The molecular formula is C46H56Cu2F12N8O14S4. The molecule has 0 spiro atoms. The number of pyridine rings is 4. The van der Waals surface area contributed by atoms with Gasteiger partial charge in [0.1, 0.15) is 0 Å². The third kappa shape index (κ3) is 43.6. The second-order valence-corrected chi connectivity index (χ2v) is 22.2. The van der Waals surface area contributed by atoms with E-state index < -0.39 is 62.5 Å². The van der Waals surface area contributed by atoms with Crippen LogP contribution in [0.3, 0.4) is 0 Å². The van der Waals surface area contributed by atoms with Crippen LogP contribution in [0.2, 0.25) is 0 Å². The Bertz CT molecular complexity index is 2630. The topological polar surface area (TPSA) is 370 Å². The number of nitrogens with zero attached hydrogens (tertiary/aromatic N) is 8. The Morgan fingerprint density at radius 2 is 0.535 bits per heavy atom. The molecule has 86 heavy (non-hydrogen) atoms. The Morgan fingerprint density at radius 1 is 0.395 bits per heavy atom. The van der Waals surface area contributed by atoms with E-state index in [0.29, 0.717) is 0 Å². The third-order valence-corrected chi connectivity index (χ3v) is 11.1. The molecule has 4 heterocycles. The number of aliphatic hydroxyl groups excluding tert-OH is 2. The molecule has 0 aliphatic heterocycles. The summed E-state index contributed by atoms with van der Waals surface area (Å²) >= 11 is 0. The number of hydrogen-bond acceptors (Lipinski definition) is 22. The predicted octanol–water partition coefficient (Wildman–Crippen LogP) is 7.63. The Balaban J connectivity index is -0.000000485. The van der Waals surface area contributed by atoms with Gasteiger partial charge in [-0.1, -0.05) is 49.9 Å². The first-order valence-corrected chi connectivity index (χ1v) is 29.1. The van der Waals surface area contributed by atoms with Gasteiger partial charge < -0.3 is 28.4 Å². The summed E-state index contributed by atoms with van der Waals surface area (Å²) in [4.78, 5) is 36.0. The summed E-state index contributed by atoms with van der Waals surface area (Å²) in [5, 5.41) is 16.1. The molecule has 0 bridgehead atoms. The molecule has 4 aromatic rings. The van der Waals surface area contributed by atoms with Crippen molar-refractivity contribution in [3.8, 4) is 0 Å². The normalized spacial score (nSPS) is 17.5. The van der Waals surface area contributed by atoms with Crippen LogP contribution in [0, 0.1) is 0 Å². The summed E-state index contributed by atoms with van der Waals surface area (Å²) in [5.41, 5.74) is -19.0. The minimum Gasteiger partial charge on any atom is -0.741 e. The van der Waals surface area contributed by atoms with Gasteiger partial charge in [0.2, 0.25) is 0 Å². The largest absolute Gasteiger partial charge is 2.00 e. The van der Waals surface area contributed by atoms with E-state index >= 15 is 0 Å². The first kappa shape index (κ1) is 87.5. The smallest absolute Gasteiger partial charge is 0.741 e. The SMILES string of the molecule is C(=N[C@@H]1CCCC[C@H]1N=Cc1ccccn1)c1ccccn1.C(=N[C@@H]1CCCC[C@H]1N=Cc1ccccn1)c1ccccn1.CC(C)O.CC(C)O.O=S(=O)([O-])C(F)(F)F.O=S(=O)([O-])C(F)(F)F.O=S(=O)([O-])C(F)(F)F.O=S(=O)([O-])C(F)(F)F.[Cu+2].[Cu+2]. The van der Waals surface area contributed by atoms with E-state index in [2.05, 4.69) is 19.9 Å². The molecule has 40 heteroatoms. The zero-order valence-corrected chi connectivity index (χ0v) is 50.0. The zero-order chi connectivity index (χ0) is 65.2. The Morgan fingerprint density at radius 3 is 0.640 bits per heavy atom. The molecule has 0 amide bonds. The van der Waals surface area contributed by atoms with Crippen LogP contribution < -0.4 is 0 Å². The van der Waals surface area contributed by atoms with Crippen molar-refractivity contribution in [2.75, 3.05) is 0 Å². The maximum Gasteiger partial charge on any atom is 2.00 e. The molecule has 494 valence electrons. The Hall–Kier alpha value is -4.96. The van der Waals surface area contributed by atoms with Crippen LogP contribution in [0.15, 0.2) is 118 Å². The predicted molar refractivity (Wildman–Crippen MR) is 277 cm³/mol. The van der Waals surface area contributed by atoms with Crippen molar-refractivity contribution in [1.29, 1.82) is 0 Å². The molecule has 6 rings (SSSR count). The van der Waals surface area contributed by atoms with Gasteiger partial charge in [-0.25, -0.2) is 33.7 Å². The molecule has 0 saturated heterocycles. The molecule has 22 nitrogen and oxygen atoms in total. The van der Waals surface area contributed by atoms with Crippen LogP contribution in [0.1, 0.15) is 102 Å². The first-order valence-electron chi connectivity index (χ1n) is 23.5. The number of rotatable bonds is 8. The van der Waals surface area contributed by atoms with Crippen LogP contribution in [0.25, 0.3) is 0 Å². The van der Waals surface area contributed by atoms with E-state index in [0.717, 1.165) is 48.5 Å². The van der Waals surface area contributed by atoms with Crippen molar-refractivity contribution in [3.63, 3.8) is 0 Å². The summed E-state index contributed by atoms with van der Waals surface area (Å²) in [5.74, 6) is 0. The summed E-state index contributed by atoms with van der Waals surface area (Å²) in [6, 6.07) is 24.4. The first-order chi connectivity index (χ1) is 38.3. The van der Waals surface area contributed by atoms with Crippen LogP contribution in [-0.4, -0.2) is 165 Å². The standard InChI is InChI=1S/2C18H20N4.2C3H8O.4CHF3O3S.2Cu/c2*1-2-10-18(22-14-16-8-4-6-12-20-16)17(9-1)21-13-15-7-3-5-11-19-15;2*1-3(2)4;4*2-1(3,4)8(5,6)7;;/h2*3-8,11-14,17-18H,1-2,9-10H2;2*3-4H,1-2H3;4*(H,5,6,7);;/q;;;;;;;;2*+2/p-4/t2*17-,18-;;;;;;;;/m11......../s1. The van der Waals surface area contributed by atoms with Crippen molar-refractivity contribution < 1.29 is 149 Å². The fourth-order valence-electron chi connectivity index (χ4n) is 5.38. The van der Waals surface area contributed by atoms with Crippen molar-refractivity contribution in [3.05, 3.63) is 120 Å². The third-order valence-electron chi connectivity index (χ3n) is 8.87. The van der Waals surface area contributed by atoms with E-state index in [9.17, 15) is 52.7 Å². The van der Waals surface area contributed by atoms with Crippen molar-refractivity contribution in [2.45, 2.75) is 137 Å². The van der Waals surface area contributed by atoms with E-state index in [4.69, 9.17) is 82.1 Å². The molecule has 4 aromatic heterocycles. The Labute approximate surface area is 509 Å². The summed E-state index contributed by atoms with van der Waals surface area (Å²) in [6.07, 6.45) is 23.6. The quantitative estimate of drug-likeness (QED) is 0.0562. The molecule has 0 unspecified atom stereocenters. The molecule has 4 atom stereocenters. The molecule has 2 saturated carbocycles. The van der Waals surface area contributed by atoms with E-state index in [1.165, 1.54) is 25.7 Å². The fourth-order valence-corrected chi connectivity index (χ4v) is 5.38. The Kier molecular flexibility index (Phi) is 42.8. The van der Waals surface area contributed by atoms with Gasteiger partial charge in [-0.15, -0.1) is 0 Å². The molecule has 0 aromatic carbocycles. The van der Waals surface area contributed by atoms with Crippen LogP contribution >= 0.6 is 0 Å². The molecule has 2 fully saturated rings. The van der Waals surface area contributed by atoms with Crippen molar-refractivity contribution in [2.24, 2.45) is 20.0 Å². The van der Waals surface area contributed by atoms with Crippen LogP contribution in [-0.2, 0) is 74.6 Å². The van der Waals surface area contributed by atoms with Gasteiger partial charge in [0, 0.05) is 61.9 Å². The molecular weight excluding hydrogens is 1370 g/mol. The summed E-state index contributed by atoms with van der Waals surface area (Å²) in [6.45, 7) is 6.89. The molecule has 2 aliphatic carbocycles. The van der Waals surface area contributed by atoms with Gasteiger partial charge in [-0.05, 0) is 102 Å². The van der Waals surface area contributed by atoms with Gasteiger partial charge in [-0.2, -0.15) is 52.7 Å². The number of aliphatic imine (C=N–C) groups is 4. The van der Waals surface area contributed by atoms with E-state index in [1.54, 1.807) is 52.5 Å². The summed E-state index contributed by atoms with van der Waals surface area (Å²) < 4.78 is 236. The zero-order valence-electron chi connectivity index (χ0n) is 44.8. The van der Waals surface area contributed by atoms with Crippen molar-refractivity contribution >= 4 is 65.3 Å².